The fraction of sp³-hybridized carbons (Fsp3) is 0.769. The summed E-state index contributed by atoms with van der Waals surface area (Å²) in [4.78, 5) is 41.2. The van der Waals surface area contributed by atoms with E-state index in [1.54, 1.807) is 13.0 Å². The van der Waals surface area contributed by atoms with Gasteiger partial charge in [0.25, 0.3) is 0 Å². The molecule has 1 aromatic rings. The normalized spacial score (nSPS) is 27.5. The Hall–Kier alpha value is -2.85. The van der Waals surface area contributed by atoms with E-state index < -0.39 is 29.3 Å². The Kier molecular flexibility index (Phi) is 11.1. The first-order chi connectivity index (χ1) is 23.6. The average Bonchev–Trinajstić information content (AvgIpc) is 3.55. The van der Waals surface area contributed by atoms with Crippen LogP contribution in [0.15, 0.2) is 12.1 Å². The lowest BCUT2D eigenvalue weighted by atomic mass is 9.61. The Bertz CT molecular complexity index is 1350. The molecule has 5 atom stereocenters. The number of piperidine rings is 2. The number of benzene rings is 1. The zero-order valence-corrected chi connectivity index (χ0v) is 29.7. The molecule has 49 heavy (non-hydrogen) atoms. The predicted octanol–water partition coefficient (Wildman–Crippen LogP) is 5.42. The molecule has 10 nitrogen and oxygen atoms in total. The van der Waals surface area contributed by atoms with Crippen molar-refractivity contribution >= 4 is 17.8 Å². The molecule has 0 unspecified atom stereocenters. The number of esters is 2. The summed E-state index contributed by atoms with van der Waals surface area (Å²) in [7, 11) is 0. The van der Waals surface area contributed by atoms with E-state index in [-0.39, 0.29) is 34.9 Å². The van der Waals surface area contributed by atoms with Gasteiger partial charge < -0.3 is 35.1 Å². The molecule has 10 heteroatoms. The van der Waals surface area contributed by atoms with Gasteiger partial charge >= 0.3 is 11.9 Å². The van der Waals surface area contributed by atoms with Crippen LogP contribution >= 0.6 is 0 Å². The maximum absolute atomic E-state index is 14.9. The van der Waals surface area contributed by atoms with E-state index in [1.807, 2.05) is 6.07 Å². The largest absolute Gasteiger partial charge is 0.504 e. The highest BCUT2D eigenvalue weighted by molar-refractivity contribution is 5.93. The van der Waals surface area contributed by atoms with Crippen molar-refractivity contribution < 1.29 is 38.8 Å². The quantitative estimate of drug-likeness (QED) is 0.213. The smallest absolute Gasteiger partial charge is 0.332 e. The second kappa shape index (κ2) is 15.2. The molecule has 2 saturated heterocycles. The van der Waals surface area contributed by atoms with E-state index in [0.29, 0.717) is 50.9 Å². The van der Waals surface area contributed by atoms with Crippen molar-refractivity contribution in [3.05, 3.63) is 23.3 Å². The first-order valence-electron chi connectivity index (χ1n) is 19.1. The van der Waals surface area contributed by atoms with Gasteiger partial charge in [-0.2, -0.15) is 0 Å². The average molecular weight is 683 g/mol. The van der Waals surface area contributed by atoms with Crippen LogP contribution < -0.4 is 15.4 Å². The predicted molar refractivity (Wildman–Crippen MR) is 184 cm³/mol. The second-order valence-electron chi connectivity index (χ2n) is 16.0. The molecule has 1 aromatic carbocycles. The van der Waals surface area contributed by atoms with Gasteiger partial charge in [-0.15, -0.1) is 0 Å². The monoisotopic (exact) mass is 682 g/mol. The molecule has 3 aliphatic heterocycles. The van der Waals surface area contributed by atoms with Crippen LogP contribution in [-0.4, -0.2) is 71.6 Å². The number of carbonyl (C=O) groups is 3. The highest BCUT2D eigenvalue weighted by atomic mass is 16.6. The summed E-state index contributed by atoms with van der Waals surface area (Å²) in [6.07, 6.45) is 12.3. The Morgan fingerprint density at radius 2 is 1.78 bits per heavy atom. The SMILES string of the molecule is CC(=O)O[C@H](CCC[C@H](C)O)C[C@@H](OC(=O)[C@@]12CCCC[C@@H]1CC1(CCCC1)C(=O)N2)C1(Cc2ccc(O)c3c2CCCO3)CCNCC1. The Morgan fingerprint density at radius 1 is 1.02 bits per heavy atom. The number of carbonyl (C=O) groups excluding carboxylic acids is 3. The molecule has 1 amide bonds. The van der Waals surface area contributed by atoms with Gasteiger partial charge in [0.15, 0.2) is 11.5 Å². The molecule has 2 aliphatic carbocycles. The number of nitrogens with one attached hydrogen (secondary N) is 2. The van der Waals surface area contributed by atoms with Gasteiger partial charge in [0.1, 0.15) is 17.7 Å². The van der Waals surface area contributed by atoms with Crippen LogP contribution in [-0.2, 0) is 36.7 Å². The van der Waals surface area contributed by atoms with Crippen LogP contribution in [0.2, 0.25) is 0 Å². The molecule has 272 valence electrons. The molecule has 5 aliphatic rings. The molecule has 0 aromatic heterocycles. The lowest BCUT2D eigenvalue weighted by Crippen LogP contribution is -2.68. The second-order valence-corrected chi connectivity index (χ2v) is 16.0. The Balaban J connectivity index is 1.36. The number of hydrogen-bond acceptors (Lipinski definition) is 9. The summed E-state index contributed by atoms with van der Waals surface area (Å²) in [6.45, 7) is 5.22. The van der Waals surface area contributed by atoms with Crippen molar-refractivity contribution in [2.75, 3.05) is 19.7 Å². The first kappa shape index (κ1) is 36.0. The highest BCUT2D eigenvalue weighted by Gasteiger charge is 2.60. The lowest BCUT2D eigenvalue weighted by molar-refractivity contribution is -0.181. The number of hydrogen-bond donors (Lipinski definition) is 4. The molecule has 4 N–H and O–H groups in total. The molecule has 2 saturated carbocycles. The number of aliphatic hydroxyl groups excluding tert-OH is 1. The number of phenolic OH excluding ortho intramolecular Hbond substituents is 1. The van der Waals surface area contributed by atoms with Crippen LogP contribution in [0.25, 0.3) is 0 Å². The number of rotatable bonds is 12. The number of fused-ring (bicyclic) bond motifs is 2. The van der Waals surface area contributed by atoms with Crippen molar-refractivity contribution in [3.63, 3.8) is 0 Å². The van der Waals surface area contributed by atoms with Crippen molar-refractivity contribution in [3.8, 4) is 11.5 Å². The molecular formula is C39H58N2O8. The zero-order valence-electron chi connectivity index (χ0n) is 29.7. The number of ether oxygens (including phenoxy) is 3. The van der Waals surface area contributed by atoms with Crippen molar-refractivity contribution in [2.45, 2.75) is 153 Å². The van der Waals surface area contributed by atoms with Crippen LogP contribution in [0, 0.1) is 16.7 Å². The summed E-state index contributed by atoms with van der Waals surface area (Å²) in [5.41, 5.74) is 0.181. The minimum Gasteiger partial charge on any atom is -0.504 e. The van der Waals surface area contributed by atoms with Crippen LogP contribution in [0.4, 0.5) is 0 Å². The van der Waals surface area contributed by atoms with E-state index in [1.165, 1.54) is 6.92 Å². The zero-order chi connectivity index (χ0) is 34.6. The molecular weight excluding hydrogens is 624 g/mol. The molecule has 0 radical (unpaired) electrons. The van der Waals surface area contributed by atoms with Gasteiger partial charge in [-0.1, -0.05) is 31.7 Å². The number of phenols is 1. The van der Waals surface area contributed by atoms with Gasteiger partial charge in [0.05, 0.1) is 12.7 Å². The molecule has 3 heterocycles. The van der Waals surface area contributed by atoms with Crippen molar-refractivity contribution in [1.82, 2.24) is 10.6 Å². The number of amides is 1. The van der Waals surface area contributed by atoms with Gasteiger partial charge in [0.2, 0.25) is 5.91 Å². The number of aromatic hydroxyl groups is 1. The minimum absolute atomic E-state index is 0.0138. The van der Waals surface area contributed by atoms with Gasteiger partial charge in [-0.3, -0.25) is 9.59 Å². The molecule has 4 fully saturated rings. The topological polar surface area (TPSA) is 143 Å². The summed E-state index contributed by atoms with van der Waals surface area (Å²) in [5, 5.41) is 27.5. The fourth-order valence-electron chi connectivity index (χ4n) is 9.98. The third kappa shape index (κ3) is 7.60. The maximum Gasteiger partial charge on any atom is 0.332 e. The van der Waals surface area contributed by atoms with Gasteiger partial charge in [0, 0.05) is 29.7 Å². The highest BCUT2D eigenvalue weighted by Crippen LogP contribution is 2.53. The Morgan fingerprint density at radius 3 is 2.51 bits per heavy atom. The maximum atomic E-state index is 14.9. The van der Waals surface area contributed by atoms with Crippen LogP contribution in [0.5, 0.6) is 11.5 Å². The van der Waals surface area contributed by atoms with E-state index in [9.17, 15) is 24.6 Å². The summed E-state index contributed by atoms with van der Waals surface area (Å²) in [6, 6.07) is 3.69. The minimum atomic E-state index is -1.05. The van der Waals surface area contributed by atoms with Crippen molar-refractivity contribution in [1.29, 1.82) is 0 Å². The van der Waals surface area contributed by atoms with E-state index in [0.717, 1.165) is 101 Å². The third-order valence-corrected chi connectivity index (χ3v) is 12.6. The molecule has 1 spiro atoms. The fourth-order valence-corrected chi connectivity index (χ4v) is 9.98. The van der Waals surface area contributed by atoms with Gasteiger partial charge in [-0.25, -0.2) is 4.79 Å². The van der Waals surface area contributed by atoms with Crippen LogP contribution in [0.3, 0.4) is 0 Å². The molecule has 0 bridgehead atoms. The first-order valence-corrected chi connectivity index (χ1v) is 19.1. The van der Waals surface area contributed by atoms with Gasteiger partial charge in [-0.05, 0) is 121 Å². The van der Waals surface area contributed by atoms with E-state index in [2.05, 4.69) is 10.6 Å². The summed E-state index contributed by atoms with van der Waals surface area (Å²) >= 11 is 0. The third-order valence-electron chi connectivity index (χ3n) is 12.6. The number of aliphatic hydroxyl groups is 1. The summed E-state index contributed by atoms with van der Waals surface area (Å²) < 4.78 is 18.7. The molecule has 6 rings (SSSR count). The Labute approximate surface area is 291 Å². The lowest BCUT2D eigenvalue weighted by Gasteiger charge is -2.52. The van der Waals surface area contributed by atoms with E-state index >= 15 is 0 Å². The van der Waals surface area contributed by atoms with Crippen molar-refractivity contribution in [2.24, 2.45) is 16.7 Å². The summed E-state index contributed by atoms with van der Waals surface area (Å²) in [5.74, 6) is 0.00782. The standard InChI is InChI=1S/C39H58N2O8/c1-26(42)9-7-11-30(48-27(2)43)23-33(37(18-20-40-21-19-37)24-28-13-14-32(44)34-31(28)12-8-22-47-34)49-36(46)39-17-4-3-10-29(39)25-38(35(45)41-39)15-5-6-16-38/h13-14,26,29-30,33,40,42,44H,3-12,15-25H2,1-2H3,(H,41,45)/t26-,29+,30+,33+,39+/m0/s1. The van der Waals surface area contributed by atoms with Crippen LogP contribution in [0.1, 0.15) is 128 Å². The van der Waals surface area contributed by atoms with E-state index in [4.69, 9.17) is 14.2 Å².